The van der Waals surface area contributed by atoms with Gasteiger partial charge in [0.2, 0.25) is 0 Å². The van der Waals surface area contributed by atoms with Crippen LogP contribution in [-0.4, -0.2) is 12.6 Å². The van der Waals surface area contributed by atoms with Crippen LogP contribution in [-0.2, 0) is 9.53 Å². The second-order valence-corrected chi connectivity index (χ2v) is 2.18. The van der Waals surface area contributed by atoms with Crippen molar-refractivity contribution in [1.29, 1.82) is 0 Å². The lowest BCUT2D eigenvalue weighted by molar-refractivity contribution is -0.138. The fraction of sp³-hybridized carbons (Fsp3) is 0.364. The Hall–Kier alpha value is -1.67. The molecule has 68 valence electrons. The molecule has 0 fully saturated rings. The molecule has 0 saturated heterocycles. The second-order valence-electron chi connectivity index (χ2n) is 2.18. The van der Waals surface area contributed by atoms with Gasteiger partial charge in [-0.2, -0.15) is 0 Å². The van der Waals surface area contributed by atoms with Gasteiger partial charge in [0.25, 0.3) is 0 Å². The van der Waals surface area contributed by atoms with Crippen LogP contribution in [0.1, 0.15) is 20.3 Å². The molecule has 0 spiro atoms. The Morgan fingerprint density at radius 3 is 2.69 bits per heavy atom. The standard InChI is InChI=1S/C11H12O2/c1-4-6-7-8-9-10(3)11(12)13-5-2/h3,5,9H2,1-2H3. The van der Waals surface area contributed by atoms with Crippen LogP contribution in [0.4, 0.5) is 0 Å². The summed E-state index contributed by atoms with van der Waals surface area (Å²) in [6, 6.07) is 0. The van der Waals surface area contributed by atoms with Gasteiger partial charge in [0, 0.05) is 12.0 Å². The number of rotatable bonds is 3. The predicted octanol–water partition coefficient (Wildman–Crippen LogP) is 1.52. The predicted molar refractivity (Wildman–Crippen MR) is 51.6 cm³/mol. The van der Waals surface area contributed by atoms with Crippen LogP contribution in [0.3, 0.4) is 0 Å². The van der Waals surface area contributed by atoms with Crippen LogP contribution >= 0.6 is 0 Å². The maximum atomic E-state index is 11.0. The highest BCUT2D eigenvalue weighted by molar-refractivity contribution is 5.88. The Balaban J connectivity index is 3.94. The summed E-state index contributed by atoms with van der Waals surface area (Å²) in [7, 11) is 0. The van der Waals surface area contributed by atoms with E-state index in [4.69, 9.17) is 4.74 Å². The third-order valence-electron chi connectivity index (χ3n) is 1.14. The molecule has 0 radical (unpaired) electrons. The molecule has 0 bridgehead atoms. The van der Waals surface area contributed by atoms with Crippen LogP contribution in [0, 0.1) is 23.7 Å². The molecule has 0 atom stereocenters. The topological polar surface area (TPSA) is 26.3 Å². The summed E-state index contributed by atoms with van der Waals surface area (Å²) >= 11 is 0. The molecule has 0 aliphatic carbocycles. The van der Waals surface area contributed by atoms with E-state index in [0.29, 0.717) is 18.6 Å². The minimum absolute atomic E-state index is 0.313. The molecule has 0 N–H and O–H groups in total. The van der Waals surface area contributed by atoms with Gasteiger partial charge in [0.05, 0.1) is 6.61 Å². The summed E-state index contributed by atoms with van der Waals surface area (Å²) in [5, 5.41) is 0. The van der Waals surface area contributed by atoms with Crippen molar-refractivity contribution < 1.29 is 9.53 Å². The minimum atomic E-state index is -0.388. The molecule has 0 aromatic heterocycles. The zero-order valence-corrected chi connectivity index (χ0v) is 7.94. The van der Waals surface area contributed by atoms with Crippen molar-refractivity contribution in [3.8, 4) is 23.7 Å². The highest BCUT2D eigenvalue weighted by Gasteiger charge is 2.04. The van der Waals surface area contributed by atoms with Crippen LogP contribution in [0.25, 0.3) is 0 Å². The summed E-state index contributed by atoms with van der Waals surface area (Å²) in [6.45, 7) is 7.36. The fourth-order valence-electron chi connectivity index (χ4n) is 0.563. The van der Waals surface area contributed by atoms with Gasteiger partial charge >= 0.3 is 5.97 Å². The lowest BCUT2D eigenvalue weighted by atomic mass is 10.2. The molecule has 0 amide bonds. The van der Waals surface area contributed by atoms with E-state index in [9.17, 15) is 4.79 Å². The van der Waals surface area contributed by atoms with E-state index in [2.05, 4.69) is 30.3 Å². The van der Waals surface area contributed by atoms with Gasteiger partial charge in [-0.25, -0.2) is 4.79 Å². The Morgan fingerprint density at radius 2 is 2.15 bits per heavy atom. The first-order chi connectivity index (χ1) is 6.22. The van der Waals surface area contributed by atoms with E-state index < -0.39 is 0 Å². The van der Waals surface area contributed by atoms with E-state index in [1.54, 1.807) is 13.8 Å². The summed E-state index contributed by atoms with van der Waals surface area (Å²) in [5.41, 5.74) is 0.368. The maximum Gasteiger partial charge on any atom is 0.334 e. The number of hydrogen-bond acceptors (Lipinski definition) is 2. The Kier molecular flexibility index (Phi) is 6.11. The number of carbonyl (C=O) groups is 1. The molecule has 13 heavy (non-hydrogen) atoms. The van der Waals surface area contributed by atoms with Crippen LogP contribution in [0.15, 0.2) is 12.2 Å². The zero-order valence-electron chi connectivity index (χ0n) is 7.94. The number of ether oxygens (including phenoxy) is 1. The minimum Gasteiger partial charge on any atom is -0.463 e. The van der Waals surface area contributed by atoms with Crippen LogP contribution in [0.2, 0.25) is 0 Å². The first-order valence-electron chi connectivity index (χ1n) is 3.96. The number of carbonyl (C=O) groups excluding carboxylic acids is 1. The molecule has 0 aromatic carbocycles. The molecule has 2 nitrogen and oxygen atoms in total. The van der Waals surface area contributed by atoms with E-state index in [0.717, 1.165) is 0 Å². The van der Waals surface area contributed by atoms with E-state index >= 15 is 0 Å². The third kappa shape index (κ3) is 5.58. The van der Waals surface area contributed by atoms with E-state index in [1.807, 2.05) is 0 Å². The summed E-state index contributed by atoms with van der Waals surface area (Å²) in [4.78, 5) is 11.0. The molecule has 2 heteroatoms. The van der Waals surface area contributed by atoms with Crippen molar-refractivity contribution >= 4 is 5.97 Å². The van der Waals surface area contributed by atoms with Crippen molar-refractivity contribution in [2.45, 2.75) is 20.3 Å². The van der Waals surface area contributed by atoms with Gasteiger partial charge < -0.3 is 4.74 Å². The Bertz CT molecular complexity index is 304. The van der Waals surface area contributed by atoms with Crippen molar-refractivity contribution in [2.24, 2.45) is 0 Å². The molecule has 0 aromatic rings. The van der Waals surface area contributed by atoms with E-state index in [-0.39, 0.29) is 5.97 Å². The average Bonchev–Trinajstić information content (AvgIpc) is 2.12. The molecule has 0 heterocycles. The molecular weight excluding hydrogens is 164 g/mol. The van der Waals surface area contributed by atoms with Crippen LogP contribution < -0.4 is 0 Å². The lowest BCUT2D eigenvalue weighted by Crippen LogP contribution is -2.05. The Labute approximate surface area is 79.0 Å². The van der Waals surface area contributed by atoms with Gasteiger partial charge in [0.1, 0.15) is 0 Å². The second kappa shape index (κ2) is 7.00. The summed E-state index contributed by atoms with van der Waals surface area (Å²) in [6.07, 6.45) is 0.313. The first-order valence-corrected chi connectivity index (χ1v) is 3.96. The third-order valence-corrected chi connectivity index (χ3v) is 1.14. The highest BCUT2D eigenvalue weighted by Crippen LogP contribution is 1.98. The number of esters is 1. The van der Waals surface area contributed by atoms with Gasteiger partial charge in [-0.3, -0.25) is 0 Å². The normalized spacial score (nSPS) is 7.23. The van der Waals surface area contributed by atoms with Crippen LogP contribution in [0.5, 0.6) is 0 Å². The first kappa shape index (κ1) is 11.3. The SMILES string of the molecule is C=C(CC#CC#CC)C(=O)OCC. The molecular formula is C11H12O2. The number of hydrogen-bond donors (Lipinski definition) is 0. The Morgan fingerprint density at radius 1 is 1.46 bits per heavy atom. The quantitative estimate of drug-likeness (QED) is 0.370. The average molecular weight is 176 g/mol. The van der Waals surface area contributed by atoms with Crippen molar-refractivity contribution in [3.63, 3.8) is 0 Å². The summed E-state index contributed by atoms with van der Waals surface area (Å²) in [5.74, 6) is 10.1. The monoisotopic (exact) mass is 176 g/mol. The molecule has 0 aliphatic heterocycles. The van der Waals surface area contributed by atoms with Gasteiger partial charge in [-0.1, -0.05) is 18.4 Å². The zero-order chi connectivity index (χ0) is 10.1. The van der Waals surface area contributed by atoms with Gasteiger partial charge in [0.15, 0.2) is 0 Å². The molecule has 0 aliphatic rings. The molecule has 0 unspecified atom stereocenters. The largest absolute Gasteiger partial charge is 0.463 e. The van der Waals surface area contributed by atoms with Gasteiger partial charge in [-0.15, -0.1) is 0 Å². The van der Waals surface area contributed by atoms with Crippen molar-refractivity contribution in [1.82, 2.24) is 0 Å². The smallest absolute Gasteiger partial charge is 0.334 e. The molecule has 0 saturated carbocycles. The van der Waals surface area contributed by atoms with E-state index in [1.165, 1.54) is 0 Å². The fourth-order valence-corrected chi connectivity index (χ4v) is 0.563. The maximum absolute atomic E-state index is 11.0. The summed E-state index contributed by atoms with van der Waals surface area (Å²) < 4.78 is 4.72. The molecule has 0 rings (SSSR count). The highest BCUT2D eigenvalue weighted by atomic mass is 16.5. The van der Waals surface area contributed by atoms with Crippen molar-refractivity contribution in [2.75, 3.05) is 6.61 Å². The van der Waals surface area contributed by atoms with Gasteiger partial charge in [-0.05, 0) is 25.7 Å². The lowest BCUT2D eigenvalue weighted by Gasteiger charge is -1.99. The van der Waals surface area contributed by atoms with Crippen molar-refractivity contribution in [3.05, 3.63) is 12.2 Å².